The number of nitriles is 1. The lowest BCUT2D eigenvalue weighted by atomic mass is 9.90. The standard InChI is InChI=1S/C19H19ClN2O3S/c1-12(2)19(3,11-21)22-16(23)10-25-17(24)9-8-15-18(20)13-6-4-5-7-14(13)26-15/h4-9,12H,10H2,1-3H3,(H,22,23)/b9-8+/t19-/m1/s1. The molecule has 136 valence electrons. The van der Waals surface area contributed by atoms with Gasteiger partial charge in [-0.15, -0.1) is 11.3 Å². The SMILES string of the molecule is CC(C)[C@@](C)(C#N)NC(=O)COC(=O)/C=C/c1sc2ccccc2c1Cl. The summed E-state index contributed by atoms with van der Waals surface area (Å²) in [6, 6.07) is 9.74. The average Bonchev–Trinajstić information content (AvgIpc) is 2.94. The number of hydrogen-bond donors (Lipinski definition) is 1. The van der Waals surface area contributed by atoms with Crippen LogP contribution in [-0.2, 0) is 14.3 Å². The van der Waals surface area contributed by atoms with E-state index < -0.39 is 24.0 Å². The summed E-state index contributed by atoms with van der Waals surface area (Å²) < 4.78 is 5.95. The first kappa shape index (κ1) is 20.0. The van der Waals surface area contributed by atoms with Gasteiger partial charge in [0.15, 0.2) is 6.61 Å². The Balaban J connectivity index is 1.94. The van der Waals surface area contributed by atoms with Crippen molar-refractivity contribution in [2.45, 2.75) is 26.3 Å². The number of nitrogens with one attached hydrogen (secondary N) is 1. The number of carbonyl (C=O) groups excluding carboxylic acids is 2. The Morgan fingerprint density at radius 3 is 2.73 bits per heavy atom. The largest absolute Gasteiger partial charge is 0.452 e. The molecule has 0 bridgehead atoms. The molecule has 1 aromatic carbocycles. The Morgan fingerprint density at radius 2 is 2.12 bits per heavy atom. The van der Waals surface area contributed by atoms with Gasteiger partial charge in [-0.25, -0.2) is 4.79 Å². The lowest BCUT2D eigenvalue weighted by molar-refractivity contribution is -0.144. The van der Waals surface area contributed by atoms with Crippen LogP contribution in [0, 0.1) is 17.2 Å². The smallest absolute Gasteiger partial charge is 0.331 e. The molecule has 26 heavy (non-hydrogen) atoms. The second-order valence-corrected chi connectivity index (χ2v) is 7.70. The summed E-state index contributed by atoms with van der Waals surface area (Å²) in [4.78, 5) is 24.5. The number of fused-ring (bicyclic) bond motifs is 1. The monoisotopic (exact) mass is 390 g/mol. The van der Waals surface area contributed by atoms with Gasteiger partial charge < -0.3 is 10.1 Å². The molecule has 1 amide bonds. The van der Waals surface area contributed by atoms with Crippen molar-refractivity contribution in [1.29, 1.82) is 5.26 Å². The summed E-state index contributed by atoms with van der Waals surface area (Å²) in [5, 5.41) is 13.3. The minimum Gasteiger partial charge on any atom is -0.452 e. The predicted octanol–water partition coefficient (Wildman–Crippen LogP) is 4.17. The summed E-state index contributed by atoms with van der Waals surface area (Å²) >= 11 is 7.76. The Morgan fingerprint density at radius 1 is 1.42 bits per heavy atom. The molecule has 0 radical (unpaired) electrons. The molecule has 0 saturated carbocycles. The molecule has 1 N–H and O–H groups in total. The van der Waals surface area contributed by atoms with E-state index in [1.807, 2.05) is 38.1 Å². The summed E-state index contributed by atoms with van der Waals surface area (Å²) in [6.45, 7) is 4.83. The average molecular weight is 391 g/mol. The zero-order valence-corrected chi connectivity index (χ0v) is 16.3. The number of benzene rings is 1. The maximum atomic E-state index is 11.9. The lowest BCUT2D eigenvalue weighted by Gasteiger charge is -2.27. The highest BCUT2D eigenvalue weighted by Gasteiger charge is 2.30. The fourth-order valence-electron chi connectivity index (χ4n) is 2.10. The van der Waals surface area contributed by atoms with Gasteiger partial charge in [-0.05, 0) is 25.0 Å². The number of amides is 1. The van der Waals surface area contributed by atoms with Gasteiger partial charge in [0.05, 0.1) is 11.1 Å². The Kier molecular flexibility index (Phi) is 6.41. The van der Waals surface area contributed by atoms with Crippen LogP contribution in [0.1, 0.15) is 25.6 Å². The normalized spacial score (nSPS) is 13.5. The van der Waals surface area contributed by atoms with Gasteiger partial charge in [-0.1, -0.05) is 43.6 Å². The van der Waals surface area contributed by atoms with E-state index in [0.717, 1.165) is 15.0 Å². The van der Waals surface area contributed by atoms with Crippen molar-refractivity contribution in [3.05, 3.63) is 40.2 Å². The van der Waals surface area contributed by atoms with Crippen molar-refractivity contribution in [3.8, 4) is 6.07 Å². The molecule has 0 unspecified atom stereocenters. The van der Waals surface area contributed by atoms with Gasteiger partial charge in [-0.2, -0.15) is 5.26 Å². The molecule has 0 spiro atoms. The van der Waals surface area contributed by atoms with Gasteiger partial charge >= 0.3 is 5.97 Å². The molecule has 0 aliphatic heterocycles. The van der Waals surface area contributed by atoms with Gasteiger partial charge in [-0.3, -0.25) is 4.79 Å². The molecular weight excluding hydrogens is 372 g/mol. The van der Waals surface area contributed by atoms with E-state index in [4.69, 9.17) is 16.3 Å². The van der Waals surface area contributed by atoms with Crippen molar-refractivity contribution < 1.29 is 14.3 Å². The first-order valence-corrected chi connectivity index (χ1v) is 9.20. The minimum absolute atomic E-state index is 0.0813. The van der Waals surface area contributed by atoms with Gasteiger partial charge in [0.25, 0.3) is 5.91 Å². The molecule has 0 aliphatic rings. The van der Waals surface area contributed by atoms with Gasteiger partial charge in [0.1, 0.15) is 5.54 Å². The zero-order valence-electron chi connectivity index (χ0n) is 14.7. The molecule has 0 saturated heterocycles. The van der Waals surface area contributed by atoms with Crippen LogP contribution in [-0.4, -0.2) is 24.0 Å². The van der Waals surface area contributed by atoms with Crippen LogP contribution in [0.25, 0.3) is 16.2 Å². The van der Waals surface area contributed by atoms with Gasteiger partial charge in [0, 0.05) is 21.0 Å². The van der Waals surface area contributed by atoms with Crippen LogP contribution in [0.15, 0.2) is 30.3 Å². The number of ether oxygens (including phenoxy) is 1. The molecule has 0 aliphatic carbocycles. The van der Waals surface area contributed by atoms with Crippen molar-refractivity contribution in [1.82, 2.24) is 5.32 Å². The fraction of sp³-hybridized carbons (Fsp3) is 0.316. The summed E-state index contributed by atoms with van der Waals surface area (Å²) in [7, 11) is 0. The van der Waals surface area contributed by atoms with Crippen molar-refractivity contribution in [2.24, 2.45) is 5.92 Å². The Bertz CT molecular complexity index is 898. The van der Waals surface area contributed by atoms with E-state index >= 15 is 0 Å². The maximum absolute atomic E-state index is 11.9. The molecule has 1 aromatic heterocycles. The van der Waals surface area contributed by atoms with E-state index in [-0.39, 0.29) is 5.92 Å². The van der Waals surface area contributed by atoms with E-state index in [1.165, 1.54) is 17.4 Å². The Labute approximate surface area is 161 Å². The number of esters is 1. The topological polar surface area (TPSA) is 79.2 Å². The van der Waals surface area contributed by atoms with Crippen LogP contribution in [0.4, 0.5) is 0 Å². The minimum atomic E-state index is -1.01. The number of carbonyl (C=O) groups is 2. The maximum Gasteiger partial charge on any atom is 0.331 e. The van der Waals surface area contributed by atoms with Crippen LogP contribution in [0.2, 0.25) is 5.02 Å². The Hall–Kier alpha value is -2.36. The van der Waals surface area contributed by atoms with Crippen LogP contribution in [0.5, 0.6) is 0 Å². The summed E-state index contributed by atoms with van der Waals surface area (Å²) in [5.74, 6) is -1.26. The quantitative estimate of drug-likeness (QED) is 0.593. The second kappa shape index (κ2) is 8.35. The number of nitrogens with zero attached hydrogens (tertiary/aromatic N) is 1. The first-order chi connectivity index (χ1) is 12.3. The van der Waals surface area contributed by atoms with Crippen LogP contribution < -0.4 is 5.32 Å². The summed E-state index contributed by atoms with van der Waals surface area (Å²) in [5.41, 5.74) is -1.01. The number of halogens is 1. The number of rotatable bonds is 6. The first-order valence-electron chi connectivity index (χ1n) is 8.01. The summed E-state index contributed by atoms with van der Waals surface area (Å²) in [6.07, 6.45) is 2.80. The molecule has 7 heteroatoms. The van der Waals surface area contributed by atoms with E-state index in [0.29, 0.717) is 5.02 Å². The highest BCUT2D eigenvalue weighted by molar-refractivity contribution is 7.20. The predicted molar refractivity (Wildman–Crippen MR) is 104 cm³/mol. The van der Waals surface area contributed by atoms with Crippen molar-refractivity contribution in [2.75, 3.05) is 6.61 Å². The molecule has 1 atom stereocenters. The van der Waals surface area contributed by atoms with Crippen molar-refractivity contribution in [3.63, 3.8) is 0 Å². The van der Waals surface area contributed by atoms with Crippen LogP contribution >= 0.6 is 22.9 Å². The highest BCUT2D eigenvalue weighted by Crippen LogP contribution is 2.35. The van der Waals surface area contributed by atoms with E-state index in [2.05, 4.69) is 11.4 Å². The molecule has 5 nitrogen and oxygen atoms in total. The molecular formula is C19H19ClN2O3S. The second-order valence-electron chi connectivity index (χ2n) is 6.23. The van der Waals surface area contributed by atoms with E-state index in [9.17, 15) is 14.9 Å². The lowest BCUT2D eigenvalue weighted by Crippen LogP contribution is -2.50. The molecule has 1 heterocycles. The van der Waals surface area contributed by atoms with Crippen molar-refractivity contribution >= 4 is 51.0 Å². The third-order valence-corrected chi connectivity index (χ3v) is 5.72. The zero-order chi connectivity index (χ0) is 19.3. The third-order valence-electron chi connectivity index (χ3n) is 4.06. The van der Waals surface area contributed by atoms with E-state index in [1.54, 1.807) is 13.0 Å². The molecule has 0 fully saturated rings. The third kappa shape index (κ3) is 4.63. The molecule has 2 rings (SSSR count). The number of hydrogen-bond acceptors (Lipinski definition) is 5. The number of thiophene rings is 1. The van der Waals surface area contributed by atoms with Crippen LogP contribution in [0.3, 0.4) is 0 Å². The fourth-order valence-corrected chi connectivity index (χ4v) is 3.49. The molecule has 2 aromatic rings. The van der Waals surface area contributed by atoms with Gasteiger partial charge in [0.2, 0.25) is 0 Å². The highest BCUT2D eigenvalue weighted by atomic mass is 35.5.